The summed E-state index contributed by atoms with van der Waals surface area (Å²) in [5.74, 6) is 1.37. The Morgan fingerprint density at radius 3 is 3.11 bits per heavy atom. The van der Waals surface area contributed by atoms with E-state index < -0.39 is 0 Å². The molecule has 0 bridgehead atoms. The molecule has 140 valence electrons. The third-order valence-corrected chi connectivity index (χ3v) is 5.34. The fourth-order valence-electron chi connectivity index (χ4n) is 3.29. The van der Waals surface area contributed by atoms with Gasteiger partial charge in [0.25, 0.3) is 5.56 Å². The molecule has 9 heteroatoms. The molecule has 0 N–H and O–H groups in total. The van der Waals surface area contributed by atoms with Crippen molar-refractivity contribution in [1.29, 1.82) is 0 Å². The van der Waals surface area contributed by atoms with Gasteiger partial charge in [-0.05, 0) is 36.3 Å². The second kappa shape index (κ2) is 7.83. The molecule has 0 spiro atoms. The van der Waals surface area contributed by atoms with Crippen LogP contribution in [0.5, 0.6) is 0 Å². The number of hydrogen-bond donors (Lipinski definition) is 0. The summed E-state index contributed by atoms with van der Waals surface area (Å²) in [6.07, 6.45) is 4.07. The average Bonchev–Trinajstić information content (AvgIpc) is 3.35. The van der Waals surface area contributed by atoms with E-state index >= 15 is 0 Å². The van der Waals surface area contributed by atoms with Crippen molar-refractivity contribution >= 4 is 17.2 Å². The maximum atomic E-state index is 12.6. The zero-order valence-corrected chi connectivity index (χ0v) is 15.5. The molecule has 1 saturated heterocycles. The van der Waals surface area contributed by atoms with Gasteiger partial charge in [0.1, 0.15) is 6.54 Å². The van der Waals surface area contributed by atoms with Gasteiger partial charge in [0.15, 0.2) is 0 Å². The fourth-order valence-corrected chi connectivity index (χ4v) is 3.92. The Labute approximate surface area is 159 Å². The van der Waals surface area contributed by atoms with Gasteiger partial charge in [-0.25, -0.2) is 4.68 Å². The van der Waals surface area contributed by atoms with Gasteiger partial charge in [-0.1, -0.05) is 5.16 Å². The van der Waals surface area contributed by atoms with Gasteiger partial charge >= 0.3 is 0 Å². The lowest BCUT2D eigenvalue weighted by molar-refractivity contribution is -0.134. The molecule has 0 saturated carbocycles. The predicted molar refractivity (Wildman–Crippen MR) is 99.1 cm³/mol. The van der Waals surface area contributed by atoms with Crippen molar-refractivity contribution < 1.29 is 9.32 Å². The molecule has 1 aliphatic rings. The highest BCUT2D eigenvalue weighted by atomic mass is 32.1. The van der Waals surface area contributed by atoms with Gasteiger partial charge in [-0.3, -0.25) is 9.59 Å². The van der Waals surface area contributed by atoms with Crippen LogP contribution in [0.15, 0.2) is 44.5 Å². The van der Waals surface area contributed by atoms with Gasteiger partial charge in [-0.2, -0.15) is 21.4 Å². The lowest BCUT2D eigenvalue weighted by Gasteiger charge is -2.32. The minimum absolute atomic E-state index is 0.0325. The zero-order chi connectivity index (χ0) is 18.6. The predicted octanol–water partition coefficient (Wildman–Crippen LogP) is 1.84. The van der Waals surface area contributed by atoms with E-state index in [-0.39, 0.29) is 23.9 Å². The molecule has 0 radical (unpaired) electrons. The number of carbonyl (C=O) groups excluding carboxylic acids is 1. The van der Waals surface area contributed by atoms with Crippen LogP contribution in [-0.4, -0.2) is 43.8 Å². The summed E-state index contributed by atoms with van der Waals surface area (Å²) in [6.45, 7) is 1.28. The van der Waals surface area contributed by atoms with E-state index in [0.717, 1.165) is 18.4 Å². The summed E-state index contributed by atoms with van der Waals surface area (Å²) in [7, 11) is 0. The van der Waals surface area contributed by atoms with Crippen LogP contribution in [0.2, 0.25) is 0 Å². The van der Waals surface area contributed by atoms with E-state index in [1.54, 1.807) is 22.3 Å². The first kappa shape index (κ1) is 17.6. The lowest BCUT2D eigenvalue weighted by Crippen LogP contribution is -2.43. The van der Waals surface area contributed by atoms with Gasteiger partial charge in [0, 0.05) is 42.7 Å². The van der Waals surface area contributed by atoms with Crippen LogP contribution in [0.4, 0.5) is 0 Å². The first-order valence-electron chi connectivity index (χ1n) is 8.84. The van der Waals surface area contributed by atoms with Crippen LogP contribution < -0.4 is 5.56 Å². The van der Waals surface area contributed by atoms with E-state index in [9.17, 15) is 9.59 Å². The van der Waals surface area contributed by atoms with Gasteiger partial charge in [0.05, 0.1) is 0 Å². The summed E-state index contributed by atoms with van der Waals surface area (Å²) in [4.78, 5) is 30.6. The molecule has 3 aromatic rings. The summed E-state index contributed by atoms with van der Waals surface area (Å²) in [5, 5.41) is 11.9. The molecule has 0 aromatic carbocycles. The zero-order valence-electron chi connectivity index (χ0n) is 14.7. The highest BCUT2D eigenvalue weighted by Gasteiger charge is 2.26. The topological polar surface area (TPSA) is 94.1 Å². The van der Waals surface area contributed by atoms with Crippen molar-refractivity contribution in [2.45, 2.75) is 25.8 Å². The van der Waals surface area contributed by atoms with Gasteiger partial charge in [0.2, 0.25) is 17.6 Å². The standard InChI is InChI=1S/C18H19N5O3S/c24-16-4-1-6-19-23(16)11-17(25)22-7-2-3-13(10-22)9-15-20-18(21-26-15)14-5-8-27-12-14/h1,4-6,8,12-13H,2-3,7,9-11H2/t13-/m0/s1. The summed E-state index contributed by atoms with van der Waals surface area (Å²) in [5.41, 5.74) is 0.683. The van der Waals surface area contributed by atoms with E-state index in [0.29, 0.717) is 31.2 Å². The first-order valence-corrected chi connectivity index (χ1v) is 9.78. The maximum absolute atomic E-state index is 12.6. The van der Waals surface area contributed by atoms with Crippen molar-refractivity contribution in [2.75, 3.05) is 13.1 Å². The second-order valence-electron chi connectivity index (χ2n) is 6.60. The minimum atomic E-state index is -0.272. The fraction of sp³-hybridized carbons (Fsp3) is 0.389. The molecule has 27 heavy (non-hydrogen) atoms. The molecule has 1 atom stereocenters. The van der Waals surface area contributed by atoms with Crippen LogP contribution in [0.25, 0.3) is 11.4 Å². The number of aromatic nitrogens is 4. The molecule has 8 nitrogen and oxygen atoms in total. The van der Waals surface area contributed by atoms with Crippen molar-refractivity contribution in [3.05, 3.63) is 51.4 Å². The van der Waals surface area contributed by atoms with Crippen LogP contribution in [0.1, 0.15) is 18.7 Å². The van der Waals surface area contributed by atoms with E-state index in [4.69, 9.17) is 4.52 Å². The smallest absolute Gasteiger partial charge is 0.267 e. The van der Waals surface area contributed by atoms with Crippen LogP contribution in [0.3, 0.4) is 0 Å². The maximum Gasteiger partial charge on any atom is 0.267 e. The monoisotopic (exact) mass is 385 g/mol. The largest absolute Gasteiger partial charge is 0.341 e. The minimum Gasteiger partial charge on any atom is -0.341 e. The number of nitrogens with zero attached hydrogens (tertiary/aromatic N) is 5. The third-order valence-electron chi connectivity index (χ3n) is 4.65. The Morgan fingerprint density at radius 2 is 2.30 bits per heavy atom. The molecule has 0 aliphatic carbocycles. The number of likely N-dealkylation sites (tertiary alicyclic amines) is 1. The molecule has 1 aliphatic heterocycles. The van der Waals surface area contributed by atoms with Crippen molar-refractivity contribution in [3.63, 3.8) is 0 Å². The van der Waals surface area contributed by atoms with Gasteiger partial charge in [-0.15, -0.1) is 0 Å². The number of carbonyl (C=O) groups is 1. The normalized spacial score (nSPS) is 17.2. The lowest BCUT2D eigenvalue weighted by atomic mass is 9.94. The van der Waals surface area contributed by atoms with Gasteiger partial charge < -0.3 is 9.42 Å². The van der Waals surface area contributed by atoms with E-state index in [1.165, 1.54) is 16.9 Å². The Morgan fingerprint density at radius 1 is 1.37 bits per heavy atom. The van der Waals surface area contributed by atoms with Crippen molar-refractivity contribution in [1.82, 2.24) is 24.8 Å². The Hall–Kier alpha value is -2.81. The number of piperidine rings is 1. The number of thiophene rings is 1. The molecule has 0 unspecified atom stereocenters. The molecule has 4 heterocycles. The molecule has 1 fully saturated rings. The highest BCUT2D eigenvalue weighted by Crippen LogP contribution is 2.23. The molecule has 3 aromatic heterocycles. The number of rotatable bonds is 5. The van der Waals surface area contributed by atoms with Crippen molar-refractivity contribution in [2.24, 2.45) is 5.92 Å². The Kier molecular flexibility index (Phi) is 5.10. The summed E-state index contributed by atoms with van der Waals surface area (Å²) < 4.78 is 6.57. The first-order chi connectivity index (χ1) is 13.2. The number of amides is 1. The van der Waals surface area contributed by atoms with Crippen molar-refractivity contribution in [3.8, 4) is 11.4 Å². The molecular formula is C18H19N5O3S. The third kappa shape index (κ3) is 4.13. The molecular weight excluding hydrogens is 366 g/mol. The van der Waals surface area contributed by atoms with Crippen LogP contribution in [-0.2, 0) is 17.8 Å². The Balaban J connectivity index is 1.37. The van der Waals surface area contributed by atoms with Crippen LogP contribution >= 0.6 is 11.3 Å². The number of hydrogen-bond acceptors (Lipinski definition) is 7. The highest BCUT2D eigenvalue weighted by molar-refractivity contribution is 7.08. The summed E-state index contributed by atoms with van der Waals surface area (Å²) >= 11 is 1.59. The molecule has 4 rings (SSSR count). The summed E-state index contributed by atoms with van der Waals surface area (Å²) in [6, 6.07) is 4.93. The van der Waals surface area contributed by atoms with E-state index in [1.807, 2.05) is 16.8 Å². The van der Waals surface area contributed by atoms with Crippen LogP contribution in [0, 0.1) is 5.92 Å². The second-order valence-corrected chi connectivity index (χ2v) is 7.38. The average molecular weight is 385 g/mol. The quantitative estimate of drug-likeness (QED) is 0.665. The molecule has 1 amide bonds. The Bertz CT molecular complexity index is 965. The SMILES string of the molecule is O=C(Cn1ncccc1=O)N1CCC[C@@H](Cc2nc(-c3ccsc3)no2)C1. The van der Waals surface area contributed by atoms with E-state index in [2.05, 4.69) is 15.2 Å².